The Morgan fingerprint density at radius 2 is 1.73 bits per heavy atom. The van der Waals surface area contributed by atoms with Crippen LogP contribution in [0, 0.1) is 34.6 Å². The quantitative estimate of drug-likeness (QED) is 0.411. The predicted molar refractivity (Wildman–Crippen MR) is 128 cm³/mol. The number of rotatable bonds is 7. The number of aryl methyl sites for hydroxylation is 4. The van der Waals surface area contributed by atoms with E-state index >= 15 is 0 Å². The zero-order valence-electron chi connectivity index (χ0n) is 18.3. The minimum atomic E-state index is -0.0895. The van der Waals surface area contributed by atoms with Crippen molar-refractivity contribution in [2.24, 2.45) is 5.10 Å². The molecule has 1 aromatic heterocycles. The number of para-hydroxylation sites is 1. The molecule has 0 atom stereocenters. The molecule has 0 aliphatic rings. The number of nitrogens with one attached hydrogen (secondary N) is 1. The molecule has 1 heterocycles. The molecule has 0 saturated carbocycles. The van der Waals surface area contributed by atoms with Crippen LogP contribution in [0.3, 0.4) is 0 Å². The Bertz CT molecular complexity index is 1060. The van der Waals surface area contributed by atoms with Gasteiger partial charge in [-0.2, -0.15) is 5.10 Å². The van der Waals surface area contributed by atoms with Crippen molar-refractivity contribution < 1.29 is 4.79 Å². The van der Waals surface area contributed by atoms with Gasteiger partial charge in [0.25, 0.3) is 0 Å². The third-order valence-electron chi connectivity index (χ3n) is 5.00. The zero-order chi connectivity index (χ0) is 21.7. The molecule has 156 valence electrons. The molecule has 0 spiro atoms. The molecular weight excluding hydrogens is 390 g/mol. The van der Waals surface area contributed by atoms with E-state index in [-0.39, 0.29) is 5.91 Å². The van der Waals surface area contributed by atoms with E-state index in [1.807, 2.05) is 12.1 Å². The van der Waals surface area contributed by atoms with Gasteiger partial charge in [0.2, 0.25) is 5.91 Å². The van der Waals surface area contributed by atoms with Gasteiger partial charge in [0.15, 0.2) is 0 Å². The molecule has 0 unspecified atom stereocenters. The first kappa shape index (κ1) is 21.9. The van der Waals surface area contributed by atoms with Crippen molar-refractivity contribution in [3.63, 3.8) is 0 Å². The van der Waals surface area contributed by atoms with Gasteiger partial charge in [-0.25, -0.2) is 5.43 Å². The van der Waals surface area contributed by atoms with Crippen molar-refractivity contribution in [2.45, 2.75) is 40.4 Å². The van der Waals surface area contributed by atoms with Gasteiger partial charge in [0.05, 0.1) is 12.0 Å². The average molecular weight is 420 g/mol. The van der Waals surface area contributed by atoms with Crippen LogP contribution in [-0.4, -0.2) is 22.4 Å². The monoisotopic (exact) mass is 419 g/mol. The molecular formula is C25H29N3OS. The highest BCUT2D eigenvalue weighted by Gasteiger charge is 2.11. The molecule has 3 rings (SSSR count). The molecule has 1 N–H and O–H groups in total. The molecule has 2 aromatic carbocycles. The van der Waals surface area contributed by atoms with E-state index in [0.717, 1.165) is 22.7 Å². The predicted octanol–water partition coefficient (Wildman–Crippen LogP) is 5.40. The summed E-state index contributed by atoms with van der Waals surface area (Å²) < 4.78 is 2.22. The molecule has 0 radical (unpaired) electrons. The average Bonchev–Trinajstić information content (AvgIpc) is 2.95. The van der Waals surface area contributed by atoms with Crippen molar-refractivity contribution in [2.75, 3.05) is 5.75 Å². The second-order valence-corrected chi connectivity index (χ2v) is 8.72. The van der Waals surface area contributed by atoms with E-state index in [1.165, 1.54) is 27.9 Å². The number of hydrazone groups is 1. The number of thioether (sulfide) groups is 1. The smallest absolute Gasteiger partial charge is 0.250 e. The van der Waals surface area contributed by atoms with Gasteiger partial charge >= 0.3 is 0 Å². The van der Waals surface area contributed by atoms with E-state index in [1.54, 1.807) is 18.0 Å². The highest BCUT2D eigenvalue weighted by atomic mass is 32.2. The summed E-state index contributed by atoms with van der Waals surface area (Å²) in [6.45, 7) is 10.5. The number of aromatic nitrogens is 1. The SMILES string of the molecule is Cc1cc(C)cc(CSCC(=O)N/N=C/c2cc(C)n(-c3ccccc3C)c2C)c1. The number of nitrogens with zero attached hydrogens (tertiary/aromatic N) is 2. The van der Waals surface area contributed by atoms with E-state index in [9.17, 15) is 4.79 Å². The van der Waals surface area contributed by atoms with Crippen LogP contribution >= 0.6 is 11.8 Å². The molecule has 0 fully saturated rings. The van der Waals surface area contributed by atoms with Crippen LogP contribution in [0.2, 0.25) is 0 Å². The molecule has 5 heteroatoms. The Morgan fingerprint density at radius 3 is 2.43 bits per heavy atom. The number of carbonyl (C=O) groups is 1. The summed E-state index contributed by atoms with van der Waals surface area (Å²) in [6.07, 6.45) is 1.73. The maximum atomic E-state index is 12.1. The van der Waals surface area contributed by atoms with Crippen molar-refractivity contribution in [3.05, 3.63) is 87.7 Å². The van der Waals surface area contributed by atoms with E-state index in [2.05, 4.69) is 86.1 Å². The second-order valence-electron chi connectivity index (χ2n) is 7.73. The van der Waals surface area contributed by atoms with Gasteiger partial charge in [0, 0.05) is 28.4 Å². The number of hydrogen-bond acceptors (Lipinski definition) is 3. The summed E-state index contributed by atoms with van der Waals surface area (Å²) in [5.41, 5.74) is 12.0. The van der Waals surface area contributed by atoms with E-state index in [0.29, 0.717) is 5.75 Å². The largest absolute Gasteiger partial charge is 0.318 e. The fraction of sp³-hybridized carbons (Fsp3) is 0.280. The fourth-order valence-corrected chi connectivity index (χ4v) is 4.48. The second kappa shape index (κ2) is 9.81. The highest BCUT2D eigenvalue weighted by molar-refractivity contribution is 7.99. The molecule has 1 amide bonds. The molecule has 4 nitrogen and oxygen atoms in total. The number of carbonyl (C=O) groups excluding carboxylic acids is 1. The Morgan fingerprint density at radius 1 is 1.03 bits per heavy atom. The highest BCUT2D eigenvalue weighted by Crippen LogP contribution is 2.22. The first-order chi connectivity index (χ1) is 14.3. The van der Waals surface area contributed by atoms with Crippen LogP contribution in [0.4, 0.5) is 0 Å². The Hall–Kier alpha value is -2.79. The van der Waals surface area contributed by atoms with Crippen molar-refractivity contribution in [1.82, 2.24) is 9.99 Å². The van der Waals surface area contributed by atoms with Crippen molar-refractivity contribution in [1.29, 1.82) is 0 Å². The molecule has 0 aliphatic heterocycles. The summed E-state index contributed by atoms with van der Waals surface area (Å²) >= 11 is 1.60. The summed E-state index contributed by atoms with van der Waals surface area (Å²) in [7, 11) is 0. The van der Waals surface area contributed by atoms with Gasteiger partial charge in [-0.15, -0.1) is 11.8 Å². The standard InChI is InChI=1S/C25H29N3OS/c1-17-10-18(2)12-22(11-17)15-30-16-25(29)27-26-14-23-13-20(4)28(21(23)5)24-9-7-6-8-19(24)3/h6-14H,15-16H2,1-5H3,(H,27,29)/b26-14+. The summed E-state index contributed by atoms with van der Waals surface area (Å²) in [6, 6.07) is 16.9. The normalized spacial score (nSPS) is 11.2. The van der Waals surface area contributed by atoms with E-state index < -0.39 is 0 Å². The topological polar surface area (TPSA) is 46.4 Å². The van der Waals surface area contributed by atoms with Crippen LogP contribution < -0.4 is 5.43 Å². The maximum absolute atomic E-state index is 12.1. The lowest BCUT2D eigenvalue weighted by Gasteiger charge is -2.12. The zero-order valence-corrected chi connectivity index (χ0v) is 19.1. The Balaban J connectivity index is 1.57. The Labute approximate surface area is 183 Å². The molecule has 0 bridgehead atoms. The Kier molecular flexibility index (Phi) is 7.16. The lowest BCUT2D eigenvalue weighted by Crippen LogP contribution is -2.19. The van der Waals surface area contributed by atoms with Crippen LogP contribution in [0.15, 0.2) is 53.6 Å². The first-order valence-electron chi connectivity index (χ1n) is 10.1. The lowest BCUT2D eigenvalue weighted by molar-refractivity contribution is -0.118. The number of hydrogen-bond donors (Lipinski definition) is 1. The third kappa shape index (κ3) is 5.42. The van der Waals surface area contributed by atoms with Gasteiger partial charge in [-0.3, -0.25) is 4.79 Å². The number of benzene rings is 2. The minimum absolute atomic E-state index is 0.0895. The van der Waals surface area contributed by atoms with Crippen LogP contribution in [0.25, 0.3) is 5.69 Å². The summed E-state index contributed by atoms with van der Waals surface area (Å²) in [4.78, 5) is 12.1. The minimum Gasteiger partial charge on any atom is -0.318 e. The first-order valence-corrected chi connectivity index (χ1v) is 11.2. The molecule has 0 aliphatic carbocycles. The van der Waals surface area contributed by atoms with Gasteiger partial charge in [-0.1, -0.05) is 47.5 Å². The van der Waals surface area contributed by atoms with Gasteiger partial charge in [0.1, 0.15) is 0 Å². The van der Waals surface area contributed by atoms with E-state index in [4.69, 9.17) is 0 Å². The molecule has 3 aromatic rings. The lowest BCUT2D eigenvalue weighted by atomic mass is 10.1. The fourth-order valence-electron chi connectivity index (χ4n) is 3.72. The molecule has 30 heavy (non-hydrogen) atoms. The third-order valence-corrected chi connectivity index (χ3v) is 6.01. The van der Waals surface area contributed by atoms with Gasteiger partial charge in [-0.05, 0) is 57.9 Å². The maximum Gasteiger partial charge on any atom is 0.250 e. The van der Waals surface area contributed by atoms with Crippen molar-refractivity contribution >= 4 is 23.9 Å². The molecule has 0 saturated heterocycles. The van der Waals surface area contributed by atoms with Crippen molar-refractivity contribution in [3.8, 4) is 5.69 Å². The van der Waals surface area contributed by atoms with Crippen LogP contribution in [-0.2, 0) is 10.5 Å². The number of amides is 1. The van der Waals surface area contributed by atoms with Crippen LogP contribution in [0.1, 0.15) is 39.2 Å². The summed E-state index contributed by atoms with van der Waals surface area (Å²) in [5.74, 6) is 1.11. The van der Waals surface area contributed by atoms with Crippen LogP contribution in [0.5, 0.6) is 0 Å². The summed E-state index contributed by atoms with van der Waals surface area (Å²) in [5, 5.41) is 4.18. The van der Waals surface area contributed by atoms with Gasteiger partial charge < -0.3 is 4.57 Å².